The Labute approximate surface area is 137 Å². The second-order valence-corrected chi connectivity index (χ2v) is 6.18. The summed E-state index contributed by atoms with van der Waals surface area (Å²) in [5.41, 5.74) is 2.15. The van der Waals surface area contributed by atoms with E-state index in [1.807, 2.05) is 18.2 Å². The Morgan fingerprint density at radius 1 is 1.00 bits per heavy atom. The van der Waals surface area contributed by atoms with Gasteiger partial charge in [0.05, 0.1) is 15.6 Å². The molecule has 0 aliphatic carbocycles. The average Bonchev–Trinajstić information content (AvgIpc) is 2.76. The molecule has 0 amide bonds. The molecule has 1 aromatic carbocycles. The minimum absolute atomic E-state index is 0.243. The van der Waals surface area contributed by atoms with Crippen LogP contribution in [0.2, 0.25) is 15.2 Å². The van der Waals surface area contributed by atoms with E-state index in [9.17, 15) is 0 Å². The van der Waals surface area contributed by atoms with Crippen molar-refractivity contribution < 1.29 is 0 Å². The van der Waals surface area contributed by atoms with Gasteiger partial charge in [-0.3, -0.25) is 0 Å². The van der Waals surface area contributed by atoms with Crippen LogP contribution >= 0.6 is 57.4 Å². The van der Waals surface area contributed by atoms with Gasteiger partial charge in [-0.1, -0.05) is 40.9 Å². The fraction of sp³-hybridized carbons (Fsp3) is 0. The molecule has 3 nitrogen and oxygen atoms in total. The van der Waals surface area contributed by atoms with E-state index in [0.717, 1.165) is 14.7 Å². The smallest absolute Gasteiger partial charge is 0.179 e. The van der Waals surface area contributed by atoms with E-state index in [2.05, 4.69) is 37.5 Å². The summed E-state index contributed by atoms with van der Waals surface area (Å²) < 4.78 is 0.989. The third-order valence-electron chi connectivity index (χ3n) is 2.58. The summed E-state index contributed by atoms with van der Waals surface area (Å²) in [6, 6.07) is 7.43. The number of pyridine rings is 1. The Bertz CT molecular complexity index is 746. The highest BCUT2D eigenvalue weighted by Gasteiger charge is 2.10. The van der Waals surface area contributed by atoms with Crippen LogP contribution in [0, 0.1) is 3.57 Å². The summed E-state index contributed by atoms with van der Waals surface area (Å²) in [7, 11) is 0. The predicted octanol–water partition coefficient (Wildman–Crippen LogP) is 5.19. The Morgan fingerprint density at radius 2 is 1.79 bits per heavy atom. The largest absolute Gasteiger partial charge is 0.337 e. The Balaban J connectivity index is 2.17. The number of aromatic amines is 1. The molecule has 3 aromatic rings. The molecule has 1 N–H and O–H groups in total. The van der Waals surface area contributed by atoms with Crippen molar-refractivity contribution in [1.82, 2.24) is 15.0 Å². The van der Waals surface area contributed by atoms with Crippen LogP contribution in [0.4, 0.5) is 0 Å². The third kappa shape index (κ3) is 2.54. The molecule has 0 saturated heterocycles. The summed E-state index contributed by atoms with van der Waals surface area (Å²) >= 11 is 20.1. The number of nitrogens with one attached hydrogen (secondary N) is 1. The highest BCUT2D eigenvalue weighted by atomic mass is 127. The monoisotopic (exact) mass is 423 g/mol. The van der Waals surface area contributed by atoms with Crippen LogP contribution < -0.4 is 0 Å². The molecule has 2 heterocycles. The Hall–Kier alpha value is -0.560. The van der Waals surface area contributed by atoms with Crippen LogP contribution in [0.1, 0.15) is 0 Å². The predicted molar refractivity (Wildman–Crippen MR) is 87.1 cm³/mol. The minimum Gasteiger partial charge on any atom is -0.337 e. The van der Waals surface area contributed by atoms with Gasteiger partial charge < -0.3 is 4.98 Å². The minimum atomic E-state index is 0.243. The van der Waals surface area contributed by atoms with E-state index < -0.39 is 0 Å². The summed E-state index contributed by atoms with van der Waals surface area (Å²) in [4.78, 5) is 11.7. The molecule has 0 bridgehead atoms. The van der Waals surface area contributed by atoms with E-state index in [-0.39, 0.29) is 5.15 Å². The Morgan fingerprint density at radius 3 is 2.53 bits per heavy atom. The van der Waals surface area contributed by atoms with Crippen molar-refractivity contribution in [2.24, 2.45) is 0 Å². The Kier molecular flexibility index (Phi) is 3.59. The summed E-state index contributed by atoms with van der Waals surface area (Å²) in [5, 5.41) is 1.32. The van der Waals surface area contributed by atoms with Gasteiger partial charge in [0.1, 0.15) is 11.0 Å². The van der Waals surface area contributed by atoms with Gasteiger partial charge >= 0.3 is 0 Å². The van der Waals surface area contributed by atoms with Crippen molar-refractivity contribution in [3.05, 3.63) is 43.0 Å². The molecule has 0 atom stereocenters. The average molecular weight is 424 g/mol. The maximum absolute atomic E-state index is 6.11. The molecular weight excluding hydrogens is 419 g/mol. The number of aromatic nitrogens is 3. The second-order valence-electron chi connectivity index (χ2n) is 3.85. The van der Waals surface area contributed by atoms with E-state index in [4.69, 9.17) is 34.8 Å². The van der Waals surface area contributed by atoms with E-state index in [0.29, 0.717) is 21.5 Å². The lowest BCUT2D eigenvalue weighted by Crippen LogP contribution is -1.82. The van der Waals surface area contributed by atoms with Gasteiger partial charge in [-0.15, -0.1) is 0 Å². The summed E-state index contributed by atoms with van der Waals surface area (Å²) in [6.07, 6.45) is 0. The molecule has 0 aliphatic rings. The first-order valence-electron chi connectivity index (χ1n) is 5.22. The van der Waals surface area contributed by atoms with E-state index >= 15 is 0 Å². The zero-order chi connectivity index (χ0) is 13.6. The van der Waals surface area contributed by atoms with Crippen LogP contribution in [-0.4, -0.2) is 15.0 Å². The van der Waals surface area contributed by atoms with Gasteiger partial charge in [0.15, 0.2) is 5.65 Å². The maximum atomic E-state index is 6.11. The highest BCUT2D eigenvalue weighted by molar-refractivity contribution is 14.1. The van der Waals surface area contributed by atoms with Crippen LogP contribution in [0.3, 0.4) is 0 Å². The number of imidazole rings is 1. The van der Waals surface area contributed by atoms with Crippen molar-refractivity contribution in [3.8, 4) is 11.4 Å². The molecule has 96 valence electrons. The molecule has 19 heavy (non-hydrogen) atoms. The molecule has 0 fully saturated rings. The number of benzene rings is 1. The van der Waals surface area contributed by atoms with Crippen LogP contribution in [0.5, 0.6) is 0 Å². The first-order valence-corrected chi connectivity index (χ1v) is 7.43. The zero-order valence-electron chi connectivity index (χ0n) is 9.22. The van der Waals surface area contributed by atoms with Crippen molar-refractivity contribution in [2.75, 3.05) is 0 Å². The third-order valence-corrected chi connectivity index (χ3v) is 4.82. The molecule has 3 rings (SSSR count). The fourth-order valence-corrected chi connectivity index (χ4v) is 2.48. The molecule has 0 aliphatic heterocycles. The van der Waals surface area contributed by atoms with Crippen molar-refractivity contribution in [2.45, 2.75) is 0 Å². The van der Waals surface area contributed by atoms with Gasteiger partial charge in [-0.25, -0.2) is 9.97 Å². The lowest BCUT2D eigenvalue weighted by molar-refractivity contribution is 1.30. The summed E-state index contributed by atoms with van der Waals surface area (Å²) in [6.45, 7) is 0. The van der Waals surface area contributed by atoms with Crippen LogP contribution in [0.25, 0.3) is 22.6 Å². The zero-order valence-corrected chi connectivity index (χ0v) is 13.6. The normalized spacial score (nSPS) is 11.2. The van der Waals surface area contributed by atoms with Gasteiger partial charge in [0.2, 0.25) is 0 Å². The van der Waals surface area contributed by atoms with Crippen molar-refractivity contribution in [1.29, 1.82) is 0 Å². The standard InChI is InChI=1S/C12H5Cl3IN3/c13-6-3-5(1-2-8(6)16)11-17-9-4-7(14)10(15)18-12(9)19-11/h1-4H,(H,17,18,19). The number of halogens is 4. The first-order chi connectivity index (χ1) is 9.04. The summed E-state index contributed by atoms with van der Waals surface area (Å²) in [5.74, 6) is 0.680. The molecule has 0 radical (unpaired) electrons. The molecule has 2 aromatic heterocycles. The molecule has 0 spiro atoms. The number of hydrogen-bond acceptors (Lipinski definition) is 2. The van der Waals surface area contributed by atoms with E-state index in [1.165, 1.54) is 0 Å². The highest BCUT2D eigenvalue weighted by Crippen LogP contribution is 2.28. The fourth-order valence-electron chi connectivity index (χ4n) is 1.68. The molecule has 7 heteroatoms. The first kappa shape index (κ1) is 13.4. The number of nitrogens with zero attached hydrogens (tertiary/aromatic N) is 2. The number of H-pyrrole nitrogens is 1. The van der Waals surface area contributed by atoms with Crippen LogP contribution in [0.15, 0.2) is 24.3 Å². The second kappa shape index (κ2) is 5.09. The number of hydrogen-bond donors (Lipinski definition) is 1. The van der Waals surface area contributed by atoms with Crippen molar-refractivity contribution >= 4 is 68.6 Å². The number of fused-ring (bicyclic) bond motifs is 1. The maximum Gasteiger partial charge on any atom is 0.179 e. The molecule has 0 unspecified atom stereocenters. The van der Waals surface area contributed by atoms with Crippen molar-refractivity contribution in [3.63, 3.8) is 0 Å². The quantitative estimate of drug-likeness (QED) is 0.432. The van der Waals surface area contributed by atoms with Gasteiger partial charge in [-0.05, 0) is 40.8 Å². The SMILES string of the molecule is Clc1cc(-c2nc3nc(Cl)c(Cl)cc3[nH]2)ccc1I. The van der Waals surface area contributed by atoms with E-state index in [1.54, 1.807) is 6.07 Å². The van der Waals surface area contributed by atoms with Gasteiger partial charge in [0.25, 0.3) is 0 Å². The number of rotatable bonds is 1. The van der Waals surface area contributed by atoms with Gasteiger partial charge in [-0.2, -0.15) is 0 Å². The molecule has 0 saturated carbocycles. The molecular formula is C12H5Cl3IN3. The van der Waals surface area contributed by atoms with Crippen LogP contribution in [-0.2, 0) is 0 Å². The van der Waals surface area contributed by atoms with Gasteiger partial charge in [0, 0.05) is 9.13 Å². The lowest BCUT2D eigenvalue weighted by Gasteiger charge is -1.99. The lowest BCUT2D eigenvalue weighted by atomic mass is 10.2. The topological polar surface area (TPSA) is 41.6 Å².